The summed E-state index contributed by atoms with van der Waals surface area (Å²) in [5, 5.41) is 22.2. The van der Waals surface area contributed by atoms with Gasteiger partial charge in [0.25, 0.3) is 0 Å². The van der Waals surface area contributed by atoms with E-state index in [-0.39, 0.29) is 12.3 Å². The van der Waals surface area contributed by atoms with E-state index in [1.54, 1.807) is 10.9 Å². The predicted octanol–water partition coefficient (Wildman–Crippen LogP) is 2.57. The molecule has 0 bridgehead atoms. The van der Waals surface area contributed by atoms with Crippen molar-refractivity contribution in [3.63, 3.8) is 0 Å². The van der Waals surface area contributed by atoms with Crippen molar-refractivity contribution in [1.82, 2.24) is 9.78 Å². The number of hydrogen-bond donors (Lipinski definition) is 2. The van der Waals surface area contributed by atoms with Crippen LogP contribution in [0.4, 0.5) is 0 Å². The van der Waals surface area contributed by atoms with Gasteiger partial charge >= 0.3 is 5.97 Å². The van der Waals surface area contributed by atoms with Gasteiger partial charge in [0.05, 0.1) is 5.69 Å². The Morgan fingerprint density at radius 2 is 2.20 bits per heavy atom. The number of aryl methyl sites for hydroxylation is 2. The minimum Gasteiger partial charge on any atom is -0.476 e. The average Bonchev–Trinajstić information content (AvgIpc) is 2.84. The Balaban J connectivity index is 2.41. The molecule has 106 valence electrons. The molecule has 2 aromatic rings. The highest BCUT2D eigenvalue weighted by Crippen LogP contribution is 2.20. The van der Waals surface area contributed by atoms with Crippen molar-refractivity contribution in [1.29, 1.82) is 0 Å². The first kappa shape index (κ1) is 14.7. The zero-order valence-electron chi connectivity index (χ0n) is 11.0. The Labute approximate surface area is 125 Å². The van der Waals surface area contributed by atoms with Crippen LogP contribution in [0.25, 0.3) is 5.69 Å². The Morgan fingerprint density at radius 3 is 2.80 bits per heavy atom. The molecular weight excluding hydrogens is 324 g/mol. The maximum Gasteiger partial charge on any atom is 0.356 e. The lowest BCUT2D eigenvalue weighted by Crippen LogP contribution is -2.03. The van der Waals surface area contributed by atoms with Crippen LogP contribution in [0.5, 0.6) is 0 Å². The smallest absolute Gasteiger partial charge is 0.356 e. The number of hydrogen-bond acceptors (Lipinski definition) is 3. The molecule has 0 fully saturated rings. The molecule has 0 saturated carbocycles. The third-order valence-electron chi connectivity index (χ3n) is 3.00. The van der Waals surface area contributed by atoms with Gasteiger partial charge in [-0.05, 0) is 43.5 Å². The normalized spacial score (nSPS) is 10.8. The molecule has 0 radical (unpaired) electrons. The molecule has 0 saturated heterocycles. The van der Waals surface area contributed by atoms with Crippen molar-refractivity contribution < 1.29 is 15.0 Å². The molecule has 1 aromatic carbocycles. The van der Waals surface area contributed by atoms with Crippen LogP contribution in [0.1, 0.15) is 28.0 Å². The van der Waals surface area contributed by atoms with Gasteiger partial charge in [0.15, 0.2) is 5.69 Å². The van der Waals surface area contributed by atoms with E-state index < -0.39 is 5.97 Å². The topological polar surface area (TPSA) is 75.4 Å². The number of carboxylic acids is 1. The van der Waals surface area contributed by atoms with Crippen molar-refractivity contribution in [2.75, 3.05) is 6.61 Å². The first-order chi connectivity index (χ1) is 9.52. The second-order valence-corrected chi connectivity index (χ2v) is 5.37. The highest BCUT2D eigenvalue weighted by atomic mass is 79.9. The number of aliphatic hydroxyl groups is 1. The molecule has 0 unspecified atom stereocenters. The Kier molecular flexibility index (Phi) is 4.57. The minimum atomic E-state index is -1.05. The van der Waals surface area contributed by atoms with Gasteiger partial charge in [-0.1, -0.05) is 15.9 Å². The standard InChI is InChI=1S/C14H15BrN2O3/c1-9-7-11(4-5-12(9)15)17-8-10(3-2-6-18)13(16-17)14(19)20/h4-5,7-8,18H,2-3,6H2,1H3,(H,19,20). The summed E-state index contributed by atoms with van der Waals surface area (Å²) in [4.78, 5) is 11.2. The van der Waals surface area contributed by atoms with Gasteiger partial charge in [0.1, 0.15) is 0 Å². The van der Waals surface area contributed by atoms with Crippen LogP contribution in [0.3, 0.4) is 0 Å². The molecule has 0 spiro atoms. The zero-order chi connectivity index (χ0) is 14.7. The number of aromatic nitrogens is 2. The highest BCUT2D eigenvalue weighted by Gasteiger charge is 2.16. The first-order valence-corrected chi connectivity index (χ1v) is 7.01. The monoisotopic (exact) mass is 338 g/mol. The fraction of sp³-hybridized carbons (Fsp3) is 0.286. The molecule has 5 nitrogen and oxygen atoms in total. The van der Waals surface area contributed by atoms with Crippen LogP contribution < -0.4 is 0 Å². The van der Waals surface area contributed by atoms with E-state index in [1.165, 1.54) is 0 Å². The summed E-state index contributed by atoms with van der Waals surface area (Å²) in [5.74, 6) is -1.05. The van der Waals surface area contributed by atoms with Crippen LogP contribution in [-0.4, -0.2) is 32.6 Å². The van der Waals surface area contributed by atoms with E-state index >= 15 is 0 Å². The van der Waals surface area contributed by atoms with Gasteiger partial charge in [0, 0.05) is 22.8 Å². The van der Waals surface area contributed by atoms with Gasteiger partial charge < -0.3 is 10.2 Å². The van der Waals surface area contributed by atoms with Crippen LogP contribution in [-0.2, 0) is 6.42 Å². The van der Waals surface area contributed by atoms with Gasteiger partial charge in [-0.3, -0.25) is 0 Å². The van der Waals surface area contributed by atoms with E-state index in [9.17, 15) is 9.90 Å². The van der Waals surface area contributed by atoms with Crippen LogP contribution in [0.2, 0.25) is 0 Å². The number of aliphatic hydroxyl groups excluding tert-OH is 1. The summed E-state index contributed by atoms with van der Waals surface area (Å²) >= 11 is 3.43. The second-order valence-electron chi connectivity index (χ2n) is 4.51. The molecular formula is C14H15BrN2O3. The Morgan fingerprint density at radius 1 is 1.45 bits per heavy atom. The lowest BCUT2D eigenvalue weighted by atomic mass is 10.1. The molecule has 1 heterocycles. The molecule has 20 heavy (non-hydrogen) atoms. The largest absolute Gasteiger partial charge is 0.476 e. The molecule has 6 heteroatoms. The second kappa shape index (κ2) is 6.19. The molecule has 2 N–H and O–H groups in total. The van der Waals surface area contributed by atoms with E-state index in [0.717, 1.165) is 15.7 Å². The molecule has 0 atom stereocenters. The number of nitrogens with zero attached hydrogens (tertiary/aromatic N) is 2. The van der Waals surface area contributed by atoms with E-state index in [4.69, 9.17) is 5.11 Å². The first-order valence-electron chi connectivity index (χ1n) is 6.22. The van der Waals surface area contributed by atoms with Crippen molar-refractivity contribution in [2.24, 2.45) is 0 Å². The SMILES string of the molecule is Cc1cc(-n2cc(CCCO)c(C(=O)O)n2)ccc1Br. The van der Waals surface area contributed by atoms with Gasteiger partial charge in [-0.25, -0.2) is 9.48 Å². The molecule has 0 aliphatic heterocycles. The Hall–Kier alpha value is -1.66. The molecule has 0 aliphatic rings. The minimum absolute atomic E-state index is 0.0294. The van der Waals surface area contributed by atoms with Crippen LogP contribution >= 0.6 is 15.9 Å². The number of benzene rings is 1. The summed E-state index contributed by atoms with van der Waals surface area (Å²) in [6.07, 6.45) is 2.72. The van der Waals surface area contributed by atoms with Crippen molar-refractivity contribution in [2.45, 2.75) is 19.8 Å². The maximum atomic E-state index is 11.2. The van der Waals surface area contributed by atoms with Gasteiger partial charge in [-0.2, -0.15) is 5.10 Å². The fourth-order valence-corrected chi connectivity index (χ4v) is 2.19. The average molecular weight is 339 g/mol. The highest BCUT2D eigenvalue weighted by molar-refractivity contribution is 9.10. The lowest BCUT2D eigenvalue weighted by Gasteiger charge is -2.04. The third-order valence-corrected chi connectivity index (χ3v) is 3.89. The summed E-state index contributed by atoms with van der Waals surface area (Å²) < 4.78 is 2.56. The van der Waals surface area contributed by atoms with Crippen LogP contribution in [0, 0.1) is 6.92 Å². The van der Waals surface area contributed by atoms with Gasteiger partial charge in [-0.15, -0.1) is 0 Å². The van der Waals surface area contributed by atoms with E-state index in [1.807, 2.05) is 25.1 Å². The molecule has 1 aromatic heterocycles. The van der Waals surface area contributed by atoms with E-state index in [0.29, 0.717) is 18.4 Å². The number of halogens is 1. The van der Waals surface area contributed by atoms with Crippen molar-refractivity contribution in [3.05, 3.63) is 45.7 Å². The predicted molar refractivity (Wildman–Crippen MR) is 78.4 cm³/mol. The maximum absolute atomic E-state index is 11.2. The molecule has 2 rings (SSSR count). The lowest BCUT2D eigenvalue weighted by molar-refractivity contribution is 0.0688. The quantitative estimate of drug-likeness (QED) is 0.878. The summed E-state index contributed by atoms with van der Waals surface area (Å²) in [6.45, 7) is 1.99. The molecule has 0 aliphatic carbocycles. The third kappa shape index (κ3) is 3.08. The Bertz CT molecular complexity index is 637. The van der Waals surface area contributed by atoms with E-state index in [2.05, 4.69) is 21.0 Å². The summed E-state index contributed by atoms with van der Waals surface area (Å²) in [7, 11) is 0. The number of carboxylic acid groups (broad SMARTS) is 1. The van der Waals surface area contributed by atoms with Crippen molar-refractivity contribution >= 4 is 21.9 Å². The fourth-order valence-electron chi connectivity index (χ4n) is 1.95. The molecule has 0 amide bonds. The number of carbonyl (C=O) groups is 1. The number of aromatic carboxylic acids is 1. The summed E-state index contributed by atoms with van der Waals surface area (Å²) in [6, 6.07) is 5.70. The van der Waals surface area contributed by atoms with Gasteiger partial charge in [0.2, 0.25) is 0 Å². The number of rotatable bonds is 5. The zero-order valence-corrected chi connectivity index (χ0v) is 12.6. The van der Waals surface area contributed by atoms with Crippen LogP contribution in [0.15, 0.2) is 28.9 Å². The summed E-state index contributed by atoms with van der Waals surface area (Å²) in [5.41, 5.74) is 2.53. The van der Waals surface area contributed by atoms with Crippen molar-refractivity contribution in [3.8, 4) is 5.69 Å².